The van der Waals surface area contributed by atoms with Gasteiger partial charge in [0.1, 0.15) is 17.3 Å². The molecule has 3 aliphatic heterocycles. The fourth-order valence-electron chi connectivity index (χ4n) is 6.46. The fourth-order valence-corrected chi connectivity index (χ4v) is 6.46. The highest BCUT2D eigenvalue weighted by atomic mass is 16.5. The minimum Gasteiger partial charge on any atom is -0.494 e. The highest BCUT2D eigenvalue weighted by molar-refractivity contribution is 6.08. The van der Waals surface area contributed by atoms with Gasteiger partial charge in [0.2, 0.25) is 5.91 Å². The van der Waals surface area contributed by atoms with Crippen molar-refractivity contribution in [3.05, 3.63) is 65.4 Å². The largest absolute Gasteiger partial charge is 0.494 e. The summed E-state index contributed by atoms with van der Waals surface area (Å²) in [5.74, 6) is 0.716. The summed E-state index contributed by atoms with van der Waals surface area (Å²) in [4.78, 5) is 50.7. The number of nitrogens with zero attached hydrogens (tertiary/aromatic N) is 4. The topological polar surface area (TPSA) is 89.2 Å². The van der Waals surface area contributed by atoms with Gasteiger partial charge in [-0.3, -0.25) is 24.3 Å². The van der Waals surface area contributed by atoms with E-state index in [2.05, 4.69) is 9.88 Å². The number of imide groups is 1. The number of aromatic nitrogens is 1. The third-order valence-corrected chi connectivity index (χ3v) is 8.52. The van der Waals surface area contributed by atoms with E-state index in [0.717, 1.165) is 46.6 Å². The number of carbonyl (C=O) groups is 3. The van der Waals surface area contributed by atoms with E-state index in [1.165, 1.54) is 4.90 Å². The molecular formula is C30H35N5O4. The Morgan fingerprint density at radius 3 is 2.49 bits per heavy atom. The SMILES string of the molecule is CCOc1ccc2[nH]c3c(c2c1)C[C@@]1(C)C(=O)N(CCN2CCN(C(C)=O)CC2)C(=O)N1[C@@H]3c1ccccc1. The van der Waals surface area contributed by atoms with Crippen LogP contribution >= 0.6 is 0 Å². The van der Waals surface area contributed by atoms with Crippen molar-refractivity contribution >= 4 is 28.7 Å². The number of piperazine rings is 1. The summed E-state index contributed by atoms with van der Waals surface area (Å²) in [6.07, 6.45) is 0.430. The Balaban J connectivity index is 1.34. The average molecular weight is 530 g/mol. The molecule has 3 aliphatic rings. The van der Waals surface area contributed by atoms with Crippen molar-refractivity contribution < 1.29 is 19.1 Å². The molecule has 3 aromatic rings. The van der Waals surface area contributed by atoms with E-state index in [-0.39, 0.29) is 17.8 Å². The van der Waals surface area contributed by atoms with Crippen molar-refractivity contribution in [2.75, 3.05) is 45.9 Å². The molecule has 6 rings (SSSR count). The molecule has 9 heteroatoms. The molecule has 4 heterocycles. The second-order valence-electron chi connectivity index (χ2n) is 10.9. The summed E-state index contributed by atoms with van der Waals surface area (Å²) in [5.41, 5.74) is 2.93. The summed E-state index contributed by atoms with van der Waals surface area (Å²) in [6.45, 7) is 9.76. The van der Waals surface area contributed by atoms with E-state index in [9.17, 15) is 14.4 Å². The predicted molar refractivity (Wildman–Crippen MR) is 148 cm³/mol. The maximum atomic E-state index is 14.1. The Labute approximate surface area is 228 Å². The molecule has 204 valence electrons. The molecule has 9 nitrogen and oxygen atoms in total. The van der Waals surface area contributed by atoms with Crippen LogP contribution in [-0.2, 0) is 16.0 Å². The van der Waals surface area contributed by atoms with Crippen LogP contribution in [0.15, 0.2) is 48.5 Å². The van der Waals surface area contributed by atoms with Gasteiger partial charge in [-0.05, 0) is 43.2 Å². The highest BCUT2D eigenvalue weighted by Crippen LogP contribution is 2.48. The van der Waals surface area contributed by atoms with Crippen molar-refractivity contribution in [3.8, 4) is 5.75 Å². The number of amides is 4. The highest BCUT2D eigenvalue weighted by Gasteiger charge is 2.60. The Bertz CT molecular complexity index is 1430. The maximum Gasteiger partial charge on any atom is 0.328 e. The molecule has 0 spiro atoms. The van der Waals surface area contributed by atoms with Crippen LogP contribution in [0.2, 0.25) is 0 Å². The van der Waals surface area contributed by atoms with E-state index in [1.54, 1.807) is 11.8 Å². The molecule has 39 heavy (non-hydrogen) atoms. The first-order valence-corrected chi connectivity index (χ1v) is 13.8. The maximum absolute atomic E-state index is 14.1. The third-order valence-electron chi connectivity index (χ3n) is 8.52. The first-order valence-electron chi connectivity index (χ1n) is 13.8. The van der Waals surface area contributed by atoms with E-state index in [0.29, 0.717) is 39.2 Å². The van der Waals surface area contributed by atoms with Crippen LogP contribution in [0.25, 0.3) is 10.9 Å². The molecule has 2 saturated heterocycles. The monoisotopic (exact) mass is 529 g/mol. The molecule has 2 aromatic carbocycles. The van der Waals surface area contributed by atoms with Crippen molar-refractivity contribution in [2.24, 2.45) is 0 Å². The quantitative estimate of drug-likeness (QED) is 0.495. The molecule has 2 atom stereocenters. The van der Waals surface area contributed by atoms with Crippen molar-refractivity contribution in [1.29, 1.82) is 0 Å². The fraction of sp³-hybridized carbons (Fsp3) is 0.433. The minimum absolute atomic E-state index is 0.0837. The Hall–Kier alpha value is -3.85. The molecule has 0 bridgehead atoms. The van der Waals surface area contributed by atoms with Gasteiger partial charge < -0.3 is 14.6 Å². The standard InChI is InChI=1S/C30H35N5O4/c1-4-39-22-10-11-25-23(18-22)24-19-30(3)28(37)34(17-14-32-12-15-33(16-13-32)20(2)36)29(38)35(30)27(26(24)31-25)21-8-6-5-7-9-21/h5-11,18,27,31H,4,12-17,19H2,1-3H3/t27-,30+/m1/s1. The summed E-state index contributed by atoms with van der Waals surface area (Å²) >= 11 is 0. The molecule has 2 fully saturated rings. The molecule has 4 amide bonds. The number of carbonyl (C=O) groups excluding carboxylic acids is 3. The van der Waals surface area contributed by atoms with Gasteiger partial charge in [0, 0.05) is 69.2 Å². The number of nitrogens with one attached hydrogen (secondary N) is 1. The minimum atomic E-state index is -1.01. The smallest absolute Gasteiger partial charge is 0.328 e. The summed E-state index contributed by atoms with van der Waals surface area (Å²) in [5, 5.41) is 1.03. The van der Waals surface area contributed by atoms with E-state index in [1.807, 2.05) is 67.3 Å². The van der Waals surface area contributed by atoms with Crippen LogP contribution in [0, 0.1) is 0 Å². The van der Waals surface area contributed by atoms with Crippen molar-refractivity contribution in [1.82, 2.24) is 24.6 Å². The lowest BCUT2D eigenvalue weighted by Crippen LogP contribution is -2.53. The number of aromatic amines is 1. The summed E-state index contributed by atoms with van der Waals surface area (Å²) < 4.78 is 5.78. The zero-order valence-electron chi connectivity index (χ0n) is 22.8. The Morgan fingerprint density at radius 2 is 1.79 bits per heavy atom. The van der Waals surface area contributed by atoms with Gasteiger partial charge >= 0.3 is 6.03 Å². The number of urea groups is 1. The molecular weight excluding hydrogens is 494 g/mol. The number of benzene rings is 2. The third kappa shape index (κ3) is 4.16. The summed E-state index contributed by atoms with van der Waals surface area (Å²) in [7, 11) is 0. The number of rotatable bonds is 6. The lowest BCUT2D eigenvalue weighted by atomic mass is 9.81. The first-order chi connectivity index (χ1) is 18.8. The van der Waals surface area contributed by atoms with Gasteiger partial charge in [-0.1, -0.05) is 30.3 Å². The van der Waals surface area contributed by atoms with Crippen LogP contribution in [-0.4, -0.2) is 93.8 Å². The molecule has 0 unspecified atom stereocenters. The average Bonchev–Trinajstić information content (AvgIpc) is 3.38. The Kier molecular flexibility index (Phi) is 6.33. The van der Waals surface area contributed by atoms with Gasteiger partial charge in [0.15, 0.2) is 0 Å². The zero-order valence-corrected chi connectivity index (χ0v) is 22.8. The number of H-pyrrole nitrogens is 1. The van der Waals surface area contributed by atoms with Crippen LogP contribution < -0.4 is 4.74 Å². The number of hydrogen-bond donors (Lipinski definition) is 1. The van der Waals surface area contributed by atoms with Gasteiger partial charge in [-0.25, -0.2) is 4.79 Å². The number of ether oxygens (including phenoxy) is 1. The molecule has 0 aliphatic carbocycles. The van der Waals surface area contributed by atoms with E-state index in [4.69, 9.17) is 4.74 Å². The normalized spacial score (nSPS) is 23.4. The van der Waals surface area contributed by atoms with Crippen LogP contribution in [0.3, 0.4) is 0 Å². The van der Waals surface area contributed by atoms with Crippen LogP contribution in [0.1, 0.15) is 43.6 Å². The second-order valence-corrected chi connectivity index (χ2v) is 10.9. The molecule has 0 saturated carbocycles. The lowest BCUT2D eigenvalue weighted by Gasteiger charge is -2.42. The lowest BCUT2D eigenvalue weighted by molar-refractivity contribution is -0.133. The van der Waals surface area contributed by atoms with Gasteiger partial charge in [0.05, 0.1) is 6.61 Å². The van der Waals surface area contributed by atoms with E-state index >= 15 is 0 Å². The van der Waals surface area contributed by atoms with Gasteiger partial charge in [-0.2, -0.15) is 0 Å². The molecule has 1 aromatic heterocycles. The molecule has 1 N–H and O–H groups in total. The second kappa shape index (κ2) is 9.72. The van der Waals surface area contributed by atoms with Crippen molar-refractivity contribution in [2.45, 2.75) is 38.8 Å². The predicted octanol–water partition coefficient (Wildman–Crippen LogP) is 3.40. The first kappa shape index (κ1) is 25.4. The number of hydrogen-bond acceptors (Lipinski definition) is 5. The number of fused-ring (bicyclic) bond motifs is 4. The summed E-state index contributed by atoms with van der Waals surface area (Å²) in [6, 6.07) is 15.3. The van der Waals surface area contributed by atoms with Crippen LogP contribution in [0.4, 0.5) is 4.79 Å². The van der Waals surface area contributed by atoms with Crippen molar-refractivity contribution in [3.63, 3.8) is 0 Å². The Morgan fingerprint density at radius 1 is 1.05 bits per heavy atom. The zero-order chi connectivity index (χ0) is 27.3. The van der Waals surface area contributed by atoms with Gasteiger partial charge in [-0.15, -0.1) is 0 Å². The van der Waals surface area contributed by atoms with Crippen LogP contribution in [0.5, 0.6) is 5.75 Å². The van der Waals surface area contributed by atoms with Gasteiger partial charge in [0.25, 0.3) is 5.91 Å². The van der Waals surface area contributed by atoms with E-state index < -0.39 is 11.6 Å². The molecule has 0 radical (unpaired) electrons.